The quantitative estimate of drug-likeness (QED) is 0.506. The molecule has 0 bridgehead atoms. The van der Waals surface area contributed by atoms with E-state index in [2.05, 4.69) is 4.72 Å². The Morgan fingerprint density at radius 3 is 2.62 bits per heavy atom. The second kappa shape index (κ2) is 4.50. The number of carbonyl (C=O) groups excluding carboxylic acids is 1. The molecule has 0 saturated carbocycles. The fraction of sp³-hybridized carbons (Fsp3) is 0.222. The lowest BCUT2D eigenvalue weighted by Crippen LogP contribution is -2.14. The summed E-state index contributed by atoms with van der Waals surface area (Å²) in [5.74, 6) is -0.587. The molecule has 88 valence electrons. The zero-order chi connectivity index (χ0) is 12.3. The highest BCUT2D eigenvalue weighted by atomic mass is 32.2. The minimum Gasteiger partial charge on any atom is -0.506 e. The molecule has 0 amide bonds. The van der Waals surface area contributed by atoms with Gasteiger partial charge in [-0.2, -0.15) is 0 Å². The highest BCUT2D eigenvalue weighted by molar-refractivity contribution is 7.92. The Kier molecular flexibility index (Phi) is 3.51. The first-order valence-corrected chi connectivity index (χ1v) is 6.26. The third-order valence-corrected chi connectivity index (χ3v) is 2.39. The van der Waals surface area contributed by atoms with Gasteiger partial charge in [0.15, 0.2) is 5.78 Å². The van der Waals surface area contributed by atoms with E-state index in [0.717, 1.165) is 6.26 Å². The van der Waals surface area contributed by atoms with E-state index >= 15 is 0 Å². The summed E-state index contributed by atoms with van der Waals surface area (Å²) >= 11 is 0. The summed E-state index contributed by atoms with van der Waals surface area (Å²) in [5, 5.41) is 9.38. The molecule has 16 heavy (non-hydrogen) atoms. The van der Waals surface area contributed by atoms with Crippen molar-refractivity contribution < 1.29 is 18.3 Å². The van der Waals surface area contributed by atoms with Crippen LogP contribution in [0, 0.1) is 0 Å². The van der Waals surface area contributed by atoms with Gasteiger partial charge in [0.25, 0.3) is 0 Å². The fourth-order valence-electron chi connectivity index (χ4n) is 1.11. The molecule has 6 nitrogen and oxygen atoms in total. The van der Waals surface area contributed by atoms with Gasteiger partial charge in [-0.15, -0.1) is 0 Å². The van der Waals surface area contributed by atoms with E-state index < -0.39 is 10.0 Å². The minimum absolute atomic E-state index is 0.0400. The van der Waals surface area contributed by atoms with Crippen LogP contribution in [0.4, 0.5) is 5.69 Å². The van der Waals surface area contributed by atoms with Crippen molar-refractivity contribution in [3.8, 4) is 5.75 Å². The number of phenols is 1. The summed E-state index contributed by atoms with van der Waals surface area (Å²) in [4.78, 5) is 11.3. The molecule has 0 aromatic heterocycles. The molecule has 0 saturated heterocycles. The fourth-order valence-corrected chi connectivity index (χ4v) is 1.67. The minimum atomic E-state index is -3.50. The summed E-state index contributed by atoms with van der Waals surface area (Å²) < 4.78 is 24.0. The van der Waals surface area contributed by atoms with Gasteiger partial charge < -0.3 is 10.8 Å². The van der Waals surface area contributed by atoms with Crippen molar-refractivity contribution in [2.75, 3.05) is 17.5 Å². The summed E-state index contributed by atoms with van der Waals surface area (Å²) in [7, 11) is -3.50. The van der Waals surface area contributed by atoms with E-state index in [1.807, 2.05) is 0 Å². The number of aromatic hydroxyl groups is 1. The van der Waals surface area contributed by atoms with Crippen LogP contribution in [-0.4, -0.2) is 32.1 Å². The van der Waals surface area contributed by atoms with Gasteiger partial charge in [-0.25, -0.2) is 8.42 Å². The highest BCUT2D eigenvalue weighted by Crippen LogP contribution is 2.25. The molecule has 7 heteroatoms. The predicted octanol–water partition coefficient (Wildman–Crippen LogP) is -0.0949. The average molecular weight is 244 g/mol. The second-order valence-corrected chi connectivity index (χ2v) is 4.98. The Morgan fingerprint density at radius 2 is 2.12 bits per heavy atom. The molecule has 0 unspecified atom stereocenters. The van der Waals surface area contributed by atoms with Gasteiger partial charge in [0.1, 0.15) is 5.75 Å². The number of Topliss-reactive ketones (excluding diaryl/α,β-unsaturated/α-hetero) is 1. The standard InChI is InChI=1S/C9H12N2O4S/c1-16(14,15)11-7-4-6(9(13)5-10)2-3-8(7)12/h2-4,11-12H,5,10H2,1H3. The van der Waals surface area contributed by atoms with Crippen LogP contribution in [0.2, 0.25) is 0 Å². The Bertz CT molecular complexity index is 510. The first-order chi connectivity index (χ1) is 7.33. The number of nitrogens with two attached hydrogens (primary N) is 1. The molecule has 0 radical (unpaired) electrons. The van der Waals surface area contributed by atoms with E-state index in [4.69, 9.17) is 5.73 Å². The lowest BCUT2D eigenvalue weighted by molar-refractivity contribution is 0.100. The van der Waals surface area contributed by atoms with Gasteiger partial charge in [0, 0.05) is 5.56 Å². The molecule has 1 rings (SSSR count). The highest BCUT2D eigenvalue weighted by Gasteiger charge is 2.10. The summed E-state index contributed by atoms with van der Waals surface area (Å²) in [5.41, 5.74) is 5.37. The van der Waals surface area contributed by atoms with Gasteiger partial charge in [0.05, 0.1) is 18.5 Å². The normalized spacial score (nSPS) is 11.1. The lowest BCUT2D eigenvalue weighted by atomic mass is 10.1. The van der Waals surface area contributed by atoms with Gasteiger partial charge >= 0.3 is 0 Å². The average Bonchev–Trinajstić information content (AvgIpc) is 2.18. The molecule has 0 aliphatic rings. The van der Waals surface area contributed by atoms with Crippen molar-refractivity contribution in [3.05, 3.63) is 23.8 Å². The monoisotopic (exact) mass is 244 g/mol. The topological polar surface area (TPSA) is 109 Å². The maximum Gasteiger partial charge on any atom is 0.229 e. The summed E-state index contributed by atoms with van der Waals surface area (Å²) in [6, 6.07) is 3.85. The first-order valence-electron chi connectivity index (χ1n) is 4.37. The number of sulfonamides is 1. The number of ketones is 1. The molecular formula is C9H12N2O4S. The van der Waals surface area contributed by atoms with Crippen molar-refractivity contribution in [1.29, 1.82) is 0 Å². The molecular weight excluding hydrogens is 232 g/mol. The van der Waals surface area contributed by atoms with Gasteiger partial charge in [-0.1, -0.05) is 0 Å². The van der Waals surface area contributed by atoms with Crippen LogP contribution in [0.25, 0.3) is 0 Å². The molecule has 0 atom stereocenters. The van der Waals surface area contributed by atoms with Crippen LogP contribution in [0.3, 0.4) is 0 Å². The largest absolute Gasteiger partial charge is 0.506 e. The Hall–Kier alpha value is -1.60. The number of hydrogen-bond acceptors (Lipinski definition) is 5. The smallest absolute Gasteiger partial charge is 0.229 e. The summed E-state index contributed by atoms with van der Waals surface area (Å²) in [6.45, 7) is -0.177. The van der Waals surface area contributed by atoms with Crippen molar-refractivity contribution in [2.24, 2.45) is 5.73 Å². The van der Waals surface area contributed by atoms with Crippen LogP contribution in [0.5, 0.6) is 5.75 Å². The first kappa shape index (κ1) is 12.5. The molecule has 0 spiro atoms. The number of rotatable bonds is 4. The molecule has 1 aromatic carbocycles. The molecule has 0 heterocycles. The van der Waals surface area contributed by atoms with E-state index in [0.29, 0.717) is 0 Å². The van der Waals surface area contributed by atoms with Crippen LogP contribution >= 0.6 is 0 Å². The zero-order valence-electron chi connectivity index (χ0n) is 8.60. The zero-order valence-corrected chi connectivity index (χ0v) is 9.41. The van der Waals surface area contributed by atoms with E-state index in [1.54, 1.807) is 0 Å². The van der Waals surface area contributed by atoms with Crippen molar-refractivity contribution in [2.45, 2.75) is 0 Å². The van der Waals surface area contributed by atoms with Gasteiger partial charge in [0.2, 0.25) is 10.0 Å². The lowest BCUT2D eigenvalue weighted by Gasteiger charge is -2.07. The maximum atomic E-state index is 11.3. The van der Waals surface area contributed by atoms with Crippen LogP contribution in [0.15, 0.2) is 18.2 Å². The number of carbonyl (C=O) groups is 1. The van der Waals surface area contributed by atoms with Gasteiger partial charge in [-0.3, -0.25) is 9.52 Å². The number of hydrogen-bond donors (Lipinski definition) is 3. The Balaban J connectivity index is 3.14. The number of phenolic OH excluding ortho intramolecular Hbond substituents is 1. The van der Waals surface area contributed by atoms with Gasteiger partial charge in [-0.05, 0) is 18.2 Å². The molecule has 0 aliphatic heterocycles. The molecule has 4 N–H and O–H groups in total. The molecule has 1 aromatic rings. The van der Waals surface area contributed by atoms with Crippen LogP contribution in [-0.2, 0) is 10.0 Å². The predicted molar refractivity (Wildman–Crippen MR) is 60.0 cm³/mol. The van der Waals surface area contributed by atoms with E-state index in [-0.39, 0.29) is 29.3 Å². The third-order valence-electron chi connectivity index (χ3n) is 1.80. The van der Waals surface area contributed by atoms with Crippen LogP contribution in [0.1, 0.15) is 10.4 Å². The van der Waals surface area contributed by atoms with Crippen molar-refractivity contribution in [1.82, 2.24) is 0 Å². The maximum absolute atomic E-state index is 11.3. The van der Waals surface area contributed by atoms with E-state index in [9.17, 15) is 18.3 Å². The third kappa shape index (κ3) is 3.21. The summed E-state index contributed by atoms with van der Waals surface area (Å²) in [6.07, 6.45) is 0.948. The van der Waals surface area contributed by atoms with Crippen molar-refractivity contribution >= 4 is 21.5 Å². The second-order valence-electron chi connectivity index (χ2n) is 3.23. The van der Waals surface area contributed by atoms with Crippen molar-refractivity contribution in [3.63, 3.8) is 0 Å². The number of anilines is 1. The number of benzene rings is 1. The SMILES string of the molecule is CS(=O)(=O)Nc1cc(C(=O)CN)ccc1O. The molecule has 0 aliphatic carbocycles. The van der Waals surface area contributed by atoms with Crippen LogP contribution < -0.4 is 10.5 Å². The number of nitrogens with one attached hydrogen (secondary N) is 1. The Labute approximate surface area is 93.1 Å². The Morgan fingerprint density at radius 1 is 1.50 bits per heavy atom. The molecule has 0 fully saturated rings. The van der Waals surface area contributed by atoms with E-state index in [1.165, 1.54) is 18.2 Å².